The molecule has 0 bridgehead atoms. The van der Waals surface area contributed by atoms with Crippen LogP contribution in [0.25, 0.3) is 0 Å². The van der Waals surface area contributed by atoms with Crippen molar-refractivity contribution in [2.45, 2.75) is 18.9 Å². The Bertz CT molecular complexity index is 532. The van der Waals surface area contributed by atoms with E-state index in [1.165, 1.54) is 25.1 Å². The Hall–Kier alpha value is -1.49. The maximum absolute atomic E-state index is 13.6. The Labute approximate surface area is 117 Å². The summed E-state index contributed by atoms with van der Waals surface area (Å²) in [4.78, 5) is 20.5. The first-order chi connectivity index (χ1) is 9.72. The molecule has 1 saturated carbocycles. The van der Waals surface area contributed by atoms with Gasteiger partial charge in [-0.2, -0.15) is 0 Å². The molecule has 5 heteroatoms. The second kappa shape index (κ2) is 4.52. The predicted molar refractivity (Wildman–Crippen MR) is 71.7 cm³/mol. The molecular formula is C15H18FN3O. The van der Waals surface area contributed by atoms with Crippen LogP contribution in [0.1, 0.15) is 23.2 Å². The highest BCUT2D eigenvalue weighted by atomic mass is 19.1. The van der Waals surface area contributed by atoms with Gasteiger partial charge in [0.1, 0.15) is 0 Å². The number of carbonyl (C=O) groups excluding carboxylic acids is 1. The van der Waals surface area contributed by atoms with Crippen molar-refractivity contribution >= 4 is 5.91 Å². The van der Waals surface area contributed by atoms with E-state index in [9.17, 15) is 9.18 Å². The zero-order valence-electron chi connectivity index (χ0n) is 11.3. The minimum Gasteiger partial charge on any atom is -0.338 e. The summed E-state index contributed by atoms with van der Waals surface area (Å²) >= 11 is 0. The summed E-state index contributed by atoms with van der Waals surface area (Å²) in [5.41, 5.74) is 0.152. The van der Waals surface area contributed by atoms with E-state index in [0.717, 1.165) is 38.4 Å². The van der Waals surface area contributed by atoms with E-state index in [4.69, 9.17) is 0 Å². The molecule has 2 atom stereocenters. The zero-order chi connectivity index (χ0) is 13.7. The van der Waals surface area contributed by atoms with Gasteiger partial charge in [-0.3, -0.25) is 14.7 Å². The molecule has 4 nitrogen and oxygen atoms in total. The number of amides is 1. The lowest BCUT2D eigenvalue weighted by Crippen LogP contribution is -2.34. The highest BCUT2D eigenvalue weighted by Crippen LogP contribution is 2.38. The maximum atomic E-state index is 13.6. The van der Waals surface area contributed by atoms with E-state index < -0.39 is 5.82 Å². The minimum absolute atomic E-state index is 0.152. The number of aromatic nitrogens is 1. The van der Waals surface area contributed by atoms with Gasteiger partial charge in [-0.25, -0.2) is 4.39 Å². The molecule has 0 spiro atoms. The quantitative estimate of drug-likeness (QED) is 0.818. The molecule has 4 rings (SSSR count). The van der Waals surface area contributed by atoms with Gasteiger partial charge in [0.25, 0.3) is 5.91 Å². The van der Waals surface area contributed by atoms with E-state index >= 15 is 0 Å². The van der Waals surface area contributed by atoms with Crippen LogP contribution in [0.4, 0.5) is 4.39 Å². The van der Waals surface area contributed by atoms with E-state index in [-0.39, 0.29) is 11.5 Å². The smallest absolute Gasteiger partial charge is 0.256 e. The number of hydrogen-bond donors (Lipinski definition) is 0. The summed E-state index contributed by atoms with van der Waals surface area (Å²) in [6, 6.07) is 2.28. The fourth-order valence-corrected chi connectivity index (χ4v) is 3.65. The average molecular weight is 275 g/mol. The lowest BCUT2D eigenvalue weighted by atomic mass is 10.0. The van der Waals surface area contributed by atoms with E-state index in [1.54, 1.807) is 0 Å². The summed E-state index contributed by atoms with van der Waals surface area (Å²) in [5, 5.41) is 0. The number of likely N-dealkylation sites (tertiary alicyclic amines) is 2. The van der Waals surface area contributed by atoms with Crippen LogP contribution < -0.4 is 0 Å². The number of hydrogen-bond acceptors (Lipinski definition) is 3. The van der Waals surface area contributed by atoms with Crippen LogP contribution in [0.2, 0.25) is 0 Å². The molecular weight excluding hydrogens is 257 g/mol. The van der Waals surface area contributed by atoms with Crippen molar-refractivity contribution < 1.29 is 9.18 Å². The molecule has 0 aromatic carbocycles. The molecule has 1 aliphatic carbocycles. The fraction of sp³-hybridized carbons (Fsp3) is 0.600. The van der Waals surface area contributed by atoms with Crippen molar-refractivity contribution in [1.29, 1.82) is 0 Å². The summed E-state index contributed by atoms with van der Waals surface area (Å²) in [7, 11) is 0. The number of fused-ring (bicyclic) bond motifs is 1. The molecule has 1 aromatic heterocycles. The second-order valence-corrected chi connectivity index (χ2v) is 6.27. The van der Waals surface area contributed by atoms with Gasteiger partial charge in [-0.1, -0.05) is 0 Å². The Morgan fingerprint density at radius 2 is 1.90 bits per heavy atom. The average Bonchev–Trinajstić information content (AvgIpc) is 3.09. The van der Waals surface area contributed by atoms with Crippen molar-refractivity contribution in [2.24, 2.45) is 11.8 Å². The first-order valence-electron chi connectivity index (χ1n) is 7.35. The Balaban J connectivity index is 1.45. The molecule has 2 unspecified atom stereocenters. The largest absolute Gasteiger partial charge is 0.338 e. The molecule has 1 amide bonds. The normalized spacial score (nSPS) is 29.8. The molecule has 1 aromatic rings. The topological polar surface area (TPSA) is 36.4 Å². The third-order valence-corrected chi connectivity index (χ3v) is 4.87. The van der Waals surface area contributed by atoms with Crippen LogP contribution >= 0.6 is 0 Å². The fourth-order valence-electron chi connectivity index (χ4n) is 3.65. The molecule has 3 fully saturated rings. The van der Waals surface area contributed by atoms with E-state index in [0.29, 0.717) is 11.8 Å². The predicted octanol–water partition coefficient (Wildman–Crippen LogP) is 1.39. The van der Waals surface area contributed by atoms with Crippen LogP contribution in [0.5, 0.6) is 0 Å². The second-order valence-electron chi connectivity index (χ2n) is 6.27. The number of halogens is 1. The summed E-state index contributed by atoms with van der Waals surface area (Å²) in [6.45, 7) is 3.76. The van der Waals surface area contributed by atoms with E-state index in [1.807, 2.05) is 4.90 Å². The van der Waals surface area contributed by atoms with Gasteiger partial charge < -0.3 is 4.90 Å². The van der Waals surface area contributed by atoms with Crippen molar-refractivity contribution in [3.8, 4) is 0 Å². The summed E-state index contributed by atoms with van der Waals surface area (Å²) < 4.78 is 13.6. The molecule has 3 heterocycles. The molecule has 0 radical (unpaired) electrons. The van der Waals surface area contributed by atoms with E-state index in [2.05, 4.69) is 9.88 Å². The van der Waals surface area contributed by atoms with Gasteiger partial charge in [0.15, 0.2) is 5.82 Å². The number of rotatable bonds is 2. The van der Waals surface area contributed by atoms with Crippen LogP contribution in [-0.4, -0.2) is 52.9 Å². The lowest BCUT2D eigenvalue weighted by Gasteiger charge is -2.21. The van der Waals surface area contributed by atoms with Gasteiger partial charge in [0.05, 0.1) is 11.8 Å². The first-order valence-corrected chi connectivity index (χ1v) is 7.35. The van der Waals surface area contributed by atoms with Gasteiger partial charge in [-0.15, -0.1) is 0 Å². The third-order valence-electron chi connectivity index (χ3n) is 4.87. The molecule has 20 heavy (non-hydrogen) atoms. The summed E-state index contributed by atoms with van der Waals surface area (Å²) in [6.07, 6.45) is 5.26. The van der Waals surface area contributed by atoms with Crippen LogP contribution in [0, 0.1) is 17.7 Å². The van der Waals surface area contributed by atoms with Crippen molar-refractivity contribution in [1.82, 2.24) is 14.8 Å². The lowest BCUT2D eigenvalue weighted by molar-refractivity contribution is 0.0768. The van der Waals surface area contributed by atoms with Crippen molar-refractivity contribution in [2.75, 3.05) is 26.2 Å². The van der Waals surface area contributed by atoms with Crippen LogP contribution in [0.3, 0.4) is 0 Å². The van der Waals surface area contributed by atoms with Crippen molar-refractivity contribution in [3.05, 3.63) is 29.8 Å². The molecule has 2 saturated heterocycles. The van der Waals surface area contributed by atoms with Gasteiger partial charge >= 0.3 is 0 Å². The Morgan fingerprint density at radius 3 is 2.50 bits per heavy atom. The molecule has 3 aliphatic rings. The number of nitrogens with zero attached hydrogens (tertiary/aromatic N) is 3. The summed E-state index contributed by atoms with van der Waals surface area (Å²) in [5.74, 6) is 0.445. The highest BCUT2D eigenvalue weighted by Gasteiger charge is 2.45. The SMILES string of the molecule is O=C(c1ccncc1F)N1CC2CN(C3CC3)CC2C1. The van der Waals surface area contributed by atoms with Gasteiger partial charge in [0.2, 0.25) is 0 Å². The number of pyridine rings is 1. The monoisotopic (exact) mass is 275 g/mol. The van der Waals surface area contributed by atoms with Gasteiger partial charge in [-0.05, 0) is 30.7 Å². The minimum atomic E-state index is -0.519. The standard InChI is InChI=1S/C15H18FN3O/c16-14-5-17-4-3-13(14)15(20)19-8-10-6-18(12-1-2-12)7-11(10)9-19/h3-5,10-12H,1-2,6-9H2. The highest BCUT2D eigenvalue weighted by molar-refractivity contribution is 5.94. The van der Waals surface area contributed by atoms with Gasteiger partial charge in [0, 0.05) is 38.4 Å². The first kappa shape index (κ1) is 12.3. The third kappa shape index (κ3) is 2.00. The van der Waals surface area contributed by atoms with Crippen molar-refractivity contribution in [3.63, 3.8) is 0 Å². The Kier molecular flexibility index (Phi) is 2.77. The Morgan fingerprint density at radius 1 is 1.20 bits per heavy atom. The molecule has 106 valence electrons. The molecule has 2 aliphatic heterocycles. The van der Waals surface area contributed by atoms with Crippen LogP contribution in [0.15, 0.2) is 18.5 Å². The zero-order valence-corrected chi connectivity index (χ0v) is 11.3. The number of carbonyl (C=O) groups is 1. The molecule has 0 N–H and O–H groups in total. The van der Waals surface area contributed by atoms with Crippen LogP contribution in [-0.2, 0) is 0 Å². The maximum Gasteiger partial charge on any atom is 0.256 e.